The topological polar surface area (TPSA) is 38.7 Å². The second-order valence-electron chi connectivity index (χ2n) is 7.28. The Labute approximate surface area is 165 Å². The van der Waals surface area contributed by atoms with Gasteiger partial charge in [-0.1, -0.05) is 75.2 Å². The van der Waals surface area contributed by atoms with Gasteiger partial charge in [0.1, 0.15) is 6.10 Å². The van der Waals surface area contributed by atoms with Crippen molar-refractivity contribution in [2.24, 2.45) is 10.3 Å². The zero-order valence-electron chi connectivity index (χ0n) is 17.0. The van der Waals surface area contributed by atoms with Crippen LogP contribution in [0.2, 0.25) is 0 Å². The van der Waals surface area contributed by atoms with Crippen LogP contribution in [0.5, 0.6) is 0 Å². The summed E-state index contributed by atoms with van der Waals surface area (Å²) in [5.74, 6) is 0.957. The summed E-state index contributed by atoms with van der Waals surface area (Å²) < 4.78 is 24.6. The van der Waals surface area contributed by atoms with Crippen molar-refractivity contribution in [3.05, 3.63) is 66.2 Å². The minimum Gasteiger partial charge on any atom is -0.375 e. The lowest BCUT2D eigenvalue weighted by Gasteiger charge is -2.23. The minimum atomic E-state index is -2.51. The summed E-state index contributed by atoms with van der Waals surface area (Å²) in [4.78, 5) is 0.822. The number of nitrogens with zero attached hydrogens (tertiary/aromatic N) is 1. The quantitative estimate of drug-likeness (QED) is 0.493. The first-order chi connectivity index (χ1) is 13.0. The molecule has 0 unspecified atom stereocenters. The highest BCUT2D eigenvalue weighted by atomic mass is 32.2. The zero-order chi connectivity index (χ0) is 19.7. The largest absolute Gasteiger partial charge is 0.375 e. The van der Waals surface area contributed by atoms with Crippen LogP contribution >= 0.6 is 0 Å². The molecule has 0 aliphatic rings. The molecular weight excluding hydrogens is 354 g/mol. The summed E-state index contributed by atoms with van der Waals surface area (Å²) in [6.07, 6.45) is 3.19. The summed E-state index contributed by atoms with van der Waals surface area (Å²) in [5, 5.41) is 0. The summed E-state index contributed by atoms with van der Waals surface area (Å²) in [6, 6.07) is 19.6. The number of benzene rings is 2. The van der Waals surface area contributed by atoms with Gasteiger partial charge in [-0.25, -0.2) is 8.57 Å². The van der Waals surface area contributed by atoms with Crippen LogP contribution in [-0.2, 0) is 14.5 Å². The molecule has 2 rings (SSSR count). The first kappa shape index (κ1) is 21.6. The van der Waals surface area contributed by atoms with Crippen molar-refractivity contribution in [1.29, 1.82) is 0 Å². The van der Waals surface area contributed by atoms with Gasteiger partial charge in [-0.2, -0.15) is 0 Å². The van der Waals surface area contributed by atoms with Gasteiger partial charge in [0.05, 0.1) is 15.8 Å². The van der Waals surface area contributed by atoms with Gasteiger partial charge in [0.15, 0.2) is 0 Å². The molecule has 27 heavy (non-hydrogen) atoms. The van der Waals surface area contributed by atoms with Crippen molar-refractivity contribution >= 4 is 9.73 Å². The van der Waals surface area contributed by atoms with Gasteiger partial charge < -0.3 is 4.74 Å². The molecule has 148 valence electrons. The highest BCUT2D eigenvalue weighted by Gasteiger charge is 2.23. The second-order valence-corrected chi connectivity index (χ2v) is 9.58. The van der Waals surface area contributed by atoms with Crippen LogP contribution in [0.1, 0.15) is 51.7 Å². The van der Waals surface area contributed by atoms with Crippen molar-refractivity contribution in [3.63, 3.8) is 0 Å². The van der Waals surface area contributed by atoms with Crippen LogP contribution < -0.4 is 0 Å². The maximum absolute atomic E-state index is 14.0. The third-order valence-corrected chi connectivity index (χ3v) is 7.53. The maximum Gasteiger partial charge on any atom is 0.105 e. The Hall–Kier alpha value is -1.65. The SMILES string of the molecule is CCCC[C@H](C)C[S@](=O)(=N[C@H](C)[C@@H](OC)c1ccccc1)c1ccccc1. The Kier molecular flexibility index (Phi) is 8.52. The molecule has 0 fully saturated rings. The molecule has 4 heteroatoms. The van der Waals surface area contributed by atoms with Gasteiger partial charge in [-0.15, -0.1) is 0 Å². The smallest absolute Gasteiger partial charge is 0.105 e. The fraction of sp³-hybridized carbons (Fsp3) is 0.478. The van der Waals surface area contributed by atoms with Crippen molar-refractivity contribution in [1.82, 2.24) is 0 Å². The lowest BCUT2D eigenvalue weighted by molar-refractivity contribution is 0.0864. The van der Waals surface area contributed by atoms with Gasteiger partial charge in [0.25, 0.3) is 0 Å². The van der Waals surface area contributed by atoms with E-state index >= 15 is 0 Å². The maximum atomic E-state index is 14.0. The molecule has 4 atom stereocenters. The first-order valence-corrected chi connectivity index (χ1v) is 11.5. The van der Waals surface area contributed by atoms with Gasteiger partial charge in [-0.05, 0) is 37.0 Å². The molecule has 0 aliphatic heterocycles. The van der Waals surface area contributed by atoms with Crippen molar-refractivity contribution < 1.29 is 8.95 Å². The second kappa shape index (κ2) is 10.6. The van der Waals surface area contributed by atoms with E-state index in [2.05, 4.69) is 13.8 Å². The highest BCUT2D eigenvalue weighted by molar-refractivity contribution is 7.93. The molecular formula is C23H33NO2S. The predicted octanol–water partition coefficient (Wildman–Crippen LogP) is 6.12. The Morgan fingerprint density at radius 2 is 1.59 bits per heavy atom. The third-order valence-electron chi connectivity index (χ3n) is 4.83. The number of ether oxygens (including phenoxy) is 1. The van der Waals surface area contributed by atoms with E-state index < -0.39 is 9.73 Å². The third kappa shape index (κ3) is 6.18. The molecule has 0 bridgehead atoms. The molecule has 0 N–H and O–H groups in total. The fourth-order valence-corrected chi connectivity index (χ4v) is 6.00. The average molecular weight is 388 g/mol. The molecule has 0 heterocycles. The monoisotopic (exact) mass is 387 g/mol. The van der Waals surface area contributed by atoms with Gasteiger partial charge in [0.2, 0.25) is 0 Å². The summed E-state index contributed by atoms with van der Waals surface area (Å²) >= 11 is 0. The van der Waals surface area contributed by atoms with Crippen molar-refractivity contribution in [3.8, 4) is 0 Å². The molecule has 0 radical (unpaired) electrons. The molecule has 0 saturated carbocycles. The highest BCUT2D eigenvalue weighted by Crippen LogP contribution is 2.27. The Morgan fingerprint density at radius 1 is 1.00 bits per heavy atom. The average Bonchev–Trinajstić information content (AvgIpc) is 2.68. The summed E-state index contributed by atoms with van der Waals surface area (Å²) in [7, 11) is -0.822. The van der Waals surface area contributed by atoms with Gasteiger partial charge >= 0.3 is 0 Å². The van der Waals surface area contributed by atoms with Gasteiger partial charge in [-0.3, -0.25) is 0 Å². The van der Waals surface area contributed by atoms with E-state index in [-0.39, 0.29) is 12.1 Å². The normalized spacial score (nSPS) is 16.9. The van der Waals surface area contributed by atoms with E-state index in [1.54, 1.807) is 7.11 Å². The number of unbranched alkanes of at least 4 members (excludes halogenated alkanes) is 1. The first-order valence-electron chi connectivity index (χ1n) is 9.87. The van der Waals surface area contributed by atoms with Crippen LogP contribution in [-0.4, -0.2) is 23.1 Å². The molecule has 0 saturated heterocycles. The number of rotatable bonds is 10. The molecule has 0 amide bonds. The number of methoxy groups -OCH3 is 1. The molecule has 0 aromatic heterocycles. The van der Waals surface area contributed by atoms with Crippen LogP contribution in [0.15, 0.2) is 69.9 Å². The Balaban J connectivity index is 2.38. The molecule has 2 aromatic rings. The van der Waals surface area contributed by atoms with E-state index in [0.29, 0.717) is 11.7 Å². The minimum absolute atomic E-state index is 0.205. The summed E-state index contributed by atoms with van der Waals surface area (Å²) in [5.41, 5.74) is 1.06. The van der Waals surface area contributed by atoms with E-state index in [0.717, 1.165) is 29.7 Å². The molecule has 0 spiro atoms. The molecule has 0 aliphatic carbocycles. The van der Waals surface area contributed by atoms with Crippen LogP contribution in [0, 0.1) is 5.92 Å². The Bertz CT molecular complexity index is 783. The number of hydrogen-bond acceptors (Lipinski definition) is 3. The van der Waals surface area contributed by atoms with Crippen LogP contribution in [0.4, 0.5) is 0 Å². The van der Waals surface area contributed by atoms with E-state index in [9.17, 15) is 4.21 Å². The van der Waals surface area contributed by atoms with Crippen molar-refractivity contribution in [2.75, 3.05) is 12.9 Å². The lowest BCUT2D eigenvalue weighted by atomic mass is 10.0. The molecule has 3 nitrogen and oxygen atoms in total. The van der Waals surface area contributed by atoms with Crippen LogP contribution in [0.25, 0.3) is 0 Å². The van der Waals surface area contributed by atoms with E-state index in [1.165, 1.54) is 0 Å². The molecule has 2 aromatic carbocycles. The van der Waals surface area contributed by atoms with E-state index in [4.69, 9.17) is 9.10 Å². The number of hydrogen-bond donors (Lipinski definition) is 0. The fourth-order valence-electron chi connectivity index (χ4n) is 3.43. The Morgan fingerprint density at radius 3 is 2.15 bits per heavy atom. The van der Waals surface area contributed by atoms with E-state index in [1.807, 2.05) is 67.6 Å². The standard InChI is InChI=1S/C23H33NO2S/c1-5-6-13-19(2)18-27(25,22-16-11-8-12-17-22)24-20(3)23(26-4)21-14-9-7-10-15-21/h7-12,14-17,19-20,23H,5-6,13,18H2,1-4H3/t19-,20+,23+,27+/m0/s1. The zero-order valence-corrected chi connectivity index (χ0v) is 17.8. The summed E-state index contributed by atoms with van der Waals surface area (Å²) in [6.45, 7) is 6.38. The van der Waals surface area contributed by atoms with Crippen molar-refractivity contribution in [2.45, 2.75) is 57.1 Å². The van der Waals surface area contributed by atoms with Gasteiger partial charge in [0, 0.05) is 17.8 Å². The predicted molar refractivity (Wildman–Crippen MR) is 114 cm³/mol. The van der Waals surface area contributed by atoms with Crippen LogP contribution in [0.3, 0.4) is 0 Å². The lowest BCUT2D eigenvalue weighted by Crippen LogP contribution is -2.21.